The predicted octanol–water partition coefficient (Wildman–Crippen LogP) is 23.3. The first kappa shape index (κ1) is 54.2. The van der Waals surface area contributed by atoms with Gasteiger partial charge in [-0.25, -0.2) is 0 Å². The van der Waals surface area contributed by atoms with Crippen LogP contribution in [-0.4, -0.2) is 9.97 Å². The summed E-state index contributed by atoms with van der Waals surface area (Å²) in [5.41, 5.74) is 26.8. The number of pyridine rings is 2. The van der Waals surface area contributed by atoms with Crippen LogP contribution >= 0.6 is 0 Å². The van der Waals surface area contributed by atoms with Crippen LogP contribution in [0.2, 0.25) is 0 Å². The minimum Gasteiger partial charge on any atom is -0.310 e. The van der Waals surface area contributed by atoms with Crippen LogP contribution in [0, 0.1) is 0 Å². The van der Waals surface area contributed by atoms with Crippen molar-refractivity contribution < 1.29 is 0 Å². The van der Waals surface area contributed by atoms with Crippen molar-refractivity contribution in [2.24, 2.45) is 0 Å². The molecule has 0 fully saturated rings. The first-order valence-corrected chi connectivity index (χ1v) is 31.8. The van der Waals surface area contributed by atoms with E-state index in [9.17, 15) is 0 Å². The Hall–Kier alpha value is -10.9. The van der Waals surface area contributed by atoms with Crippen LogP contribution < -0.4 is 9.80 Å². The molecule has 2 aromatic heterocycles. The van der Waals surface area contributed by atoms with Gasteiger partial charge in [0, 0.05) is 74.6 Å². The molecule has 0 amide bonds. The molecule has 12 aromatic carbocycles. The highest BCUT2D eigenvalue weighted by Gasteiger charge is 2.39. The Labute approximate surface area is 532 Å². The van der Waals surface area contributed by atoms with Gasteiger partial charge in [-0.15, -0.1) is 0 Å². The van der Waals surface area contributed by atoms with Crippen molar-refractivity contribution >= 4 is 102 Å². The molecule has 3 aliphatic rings. The Kier molecular flexibility index (Phi) is 12.3. The summed E-state index contributed by atoms with van der Waals surface area (Å²) >= 11 is 0. The molecule has 0 atom stereocenters. The molecule has 0 aliphatic heterocycles. The van der Waals surface area contributed by atoms with Crippen LogP contribution in [0.4, 0.5) is 34.1 Å². The number of anilines is 6. The second kappa shape index (κ2) is 20.6. The average Bonchev–Trinajstić information content (AvgIpc) is 1.67. The maximum absolute atomic E-state index is 4.42. The lowest BCUT2D eigenvalue weighted by Gasteiger charge is -2.29. The zero-order valence-electron chi connectivity index (χ0n) is 52.0. The van der Waals surface area contributed by atoms with Crippen molar-refractivity contribution in [3.63, 3.8) is 0 Å². The highest BCUT2D eigenvalue weighted by Crippen LogP contribution is 2.55. The van der Waals surface area contributed by atoms with Gasteiger partial charge in [-0.05, 0) is 182 Å². The van der Waals surface area contributed by atoms with Crippen molar-refractivity contribution in [3.05, 3.63) is 323 Å². The molecule has 434 valence electrons. The fraction of sp³-hybridized carbons (Fsp3) is 0.103. The minimum atomic E-state index is -0.227. The molecule has 0 radical (unpaired) electrons. The number of nitrogens with zero attached hydrogens (tertiary/aromatic N) is 4. The Balaban J connectivity index is 0.624. The molecule has 91 heavy (non-hydrogen) atoms. The fourth-order valence-corrected chi connectivity index (χ4v) is 15.6. The van der Waals surface area contributed by atoms with Crippen LogP contribution in [0.1, 0.15) is 97.2 Å². The third-order valence-corrected chi connectivity index (χ3v) is 20.4. The van der Waals surface area contributed by atoms with Gasteiger partial charge in [-0.1, -0.05) is 248 Å². The number of aromatic nitrogens is 2. The van der Waals surface area contributed by atoms with Crippen LogP contribution in [0.3, 0.4) is 0 Å². The van der Waals surface area contributed by atoms with E-state index in [0.717, 1.165) is 34.1 Å². The van der Waals surface area contributed by atoms with Crippen molar-refractivity contribution in [2.75, 3.05) is 9.80 Å². The predicted molar refractivity (Wildman–Crippen MR) is 385 cm³/mol. The summed E-state index contributed by atoms with van der Waals surface area (Å²) in [4.78, 5) is 13.7. The van der Waals surface area contributed by atoms with Gasteiger partial charge < -0.3 is 9.80 Å². The third-order valence-electron chi connectivity index (χ3n) is 20.4. The van der Waals surface area contributed by atoms with Crippen molar-refractivity contribution in [1.29, 1.82) is 0 Å². The lowest BCUT2D eigenvalue weighted by molar-refractivity contribution is 0.660. The maximum Gasteiger partial charge on any atom is 0.0546 e. The lowest BCUT2D eigenvalue weighted by atomic mass is 9.81. The van der Waals surface area contributed by atoms with Crippen LogP contribution in [0.15, 0.2) is 267 Å². The molecule has 0 unspecified atom stereocenters. The van der Waals surface area contributed by atoms with E-state index in [4.69, 9.17) is 0 Å². The number of benzene rings is 12. The molecular weight excluding hydrogens is 1100 g/mol. The zero-order chi connectivity index (χ0) is 61.3. The Morgan fingerprint density at radius 3 is 0.857 bits per heavy atom. The van der Waals surface area contributed by atoms with Gasteiger partial charge >= 0.3 is 0 Å². The second-order valence-electron chi connectivity index (χ2n) is 26.6. The normalized spacial score (nSPS) is 14.4. The van der Waals surface area contributed by atoms with E-state index in [1.165, 1.54) is 132 Å². The minimum absolute atomic E-state index is 0.175. The molecule has 2 heterocycles. The summed E-state index contributed by atoms with van der Waals surface area (Å²) in [5, 5.41) is 9.86. The molecule has 0 saturated carbocycles. The molecule has 0 bridgehead atoms. The van der Waals surface area contributed by atoms with Gasteiger partial charge in [0.1, 0.15) is 0 Å². The van der Waals surface area contributed by atoms with Crippen LogP contribution in [-0.2, 0) is 16.2 Å². The average molecular weight is 1170 g/mol. The molecule has 14 aromatic rings. The Morgan fingerprint density at radius 2 is 0.527 bits per heavy atom. The number of fused-ring (bicyclic) bond motifs is 15. The van der Waals surface area contributed by atoms with E-state index in [0.29, 0.717) is 0 Å². The van der Waals surface area contributed by atoms with Gasteiger partial charge in [0.25, 0.3) is 0 Å². The zero-order valence-corrected chi connectivity index (χ0v) is 52.0. The van der Waals surface area contributed by atoms with E-state index < -0.39 is 0 Å². The molecule has 0 spiro atoms. The van der Waals surface area contributed by atoms with Gasteiger partial charge in [0.2, 0.25) is 0 Å². The van der Waals surface area contributed by atoms with Gasteiger partial charge in [-0.2, -0.15) is 0 Å². The topological polar surface area (TPSA) is 32.3 Å². The monoisotopic (exact) mass is 1170 g/mol. The summed E-state index contributed by atoms with van der Waals surface area (Å²) in [5.74, 6) is 0. The Morgan fingerprint density at radius 1 is 0.253 bits per heavy atom. The van der Waals surface area contributed by atoms with E-state index in [-0.39, 0.29) is 16.2 Å². The van der Waals surface area contributed by atoms with Crippen molar-refractivity contribution in [3.8, 4) is 33.4 Å². The van der Waals surface area contributed by atoms with Crippen molar-refractivity contribution in [1.82, 2.24) is 9.97 Å². The number of hydrogen-bond donors (Lipinski definition) is 0. The molecular formula is C87H66N4. The molecule has 0 saturated heterocycles. The first-order valence-electron chi connectivity index (χ1n) is 31.8. The summed E-state index contributed by atoms with van der Waals surface area (Å²) in [6.45, 7) is 14.3. The smallest absolute Gasteiger partial charge is 0.0546 e. The molecule has 4 heteroatoms. The lowest BCUT2D eigenvalue weighted by Crippen LogP contribution is -2.17. The highest BCUT2D eigenvalue weighted by molar-refractivity contribution is 6.16. The van der Waals surface area contributed by atoms with Gasteiger partial charge in [0.05, 0.1) is 11.4 Å². The second-order valence-corrected chi connectivity index (χ2v) is 26.6. The summed E-state index contributed by atoms with van der Waals surface area (Å²) < 4.78 is 0. The Bertz CT molecular complexity index is 5060. The molecule has 0 N–H and O–H groups in total. The largest absolute Gasteiger partial charge is 0.310 e. The molecule has 3 aliphatic carbocycles. The fourth-order valence-electron chi connectivity index (χ4n) is 15.6. The number of rotatable bonds is 10. The standard InChI is InChI=1S/C87H66N4/c1-85(2)77-47-55(23-25-57-29-35-71-73-37-31-63(53-81(73)86(3,4)79(71)49-57)90(61-39-43-88-44-40-61)83-51-59-15-7-9-17-65(59)67-19-11-13-21-75(67)83)27-33-69(77)70-34-28-56(48-78(70)85)24-26-58-30-36-72-74-38-32-64(54-82(74)87(5,6)80(72)50-58)91(62-41-45-89-46-42-62)84-52-60-16-8-10-18-66(60)68-20-12-14-22-76(68)84/h7-54H,1-6H3/b25-23+,26-24+. The maximum atomic E-state index is 4.42. The SMILES string of the molecule is CC1(C)c2cc(/C=C/c3ccc4c(c3)C(C)(C)c3cc(N(c5ccncc5)c5cc6ccccc6c6ccccc56)ccc3-4)ccc2-c2ccc(/C=C/c3ccc4c(c3)C(C)(C)c3cc(N(c5ccncc5)c5cc6ccccc6c6ccccc56)ccc3-4)cc21. The van der Waals surface area contributed by atoms with E-state index >= 15 is 0 Å². The summed E-state index contributed by atoms with van der Waals surface area (Å²) in [6.07, 6.45) is 16.7. The van der Waals surface area contributed by atoms with Crippen molar-refractivity contribution in [2.45, 2.75) is 57.8 Å². The van der Waals surface area contributed by atoms with Gasteiger partial charge in [-0.3, -0.25) is 9.97 Å². The molecule has 17 rings (SSSR count). The quantitative estimate of drug-likeness (QED) is 0.101. The summed E-state index contributed by atoms with van der Waals surface area (Å²) in [6, 6.07) is 90.4. The van der Waals surface area contributed by atoms with Gasteiger partial charge in [0.15, 0.2) is 0 Å². The first-order chi connectivity index (χ1) is 44.4. The number of hydrogen-bond acceptors (Lipinski definition) is 4. The third kappa shape index (κ3) is 8.64. The van der Waals surface area contributed by atoms with E-state index in [2.05, 4.69) is 328 Å². The highest BCUT2D eigenvalue weighted by atomic mass is 15.2. The van der Waals surface area contributed by atoms with E-state index in [1.807, 2.05) is 24.8 Å². The van der Waals surface area contributed by atoms with E-state index in [1.54, 1.807) is 0 Å². The van der Waals surface area contributed by atoms with Crippen LogP contribution in [0.5, 0.6) is 0 Å². The molecule has 4 nitrogen and oxygen atoms in total. The van der Waals surface area contributed by atoms with Crippen LogP contribution in [0.25, 0.3) is 101 Å². The summed E-state index contributed by atoms with van der Waals surface area (Å²) in [7, 11) is 0.